The Bertz CT molecular complexity index is 761. The minimum absolute atomic E-state index is 0.274. The summed E-state index contributed by atoms with van der Waals surface area (Å²) in [5, 5.41) is 3.43. The highest BCUT2D eigenvalue weighted by Gasteiger charge is 2.14. The van der Waals surface area contributed by atoms with Gasteiger partial charge in [0.1, 0.15) is 5.75 Å². The predicted octanol–water partition coefficient (Wildman–Crippen LogP) is 4.71. The average molecular weight is 364 g/mol. The Balaban J connectivity index is 2.29. The minimum atomic E-state index is -0.274. The van der Waals surface area contributed by atoms with E-state index in [1.165, 1.54) is 7.11 Å². The molecule has 5 nitrogen and oxygen atoms in total. The van der Waals surface area contributed by atoms with E-state index >= 15 is 0 Å². The second-order valence-electron chi connectivity index (χ2n) is 5.28. The van der Waals surface area contributed by atoms with Crippen molar-refractivity contribution >= 4 is 23.2 Å². The highest BCUT2D eigenvalue weighted by Crippen LogP contribution is 2.32. The summed E-state index contributed by atoms with van der Waals surface area (Å²) < 4.78 is 16.4. The van der Waals surface area contributed by atoms with Crippen LogP contribution in [-0.2, 0) is 0 Å². The van der Waals surface area contributed by atoms with Gasteiger partial charge in [-0.15, -0.1) is 0 Å². The molecule has 1 amide bonds. The van der Waals surface area contributed by atoms with Gasteiger partial charge in [0.05, 0.1) is 26.0 Å². The van der Waals surface area contributed by atoms with Crippen LogP contribution in [0, 0.1) is 6.92 Å². The normalized spacial score (nSPS) is 10.3. The number of ether oxygens (including phenoxy) is 3. The molecule has 1 N–H and O–H groups in total. The molecular weight excluding hydrogens is 342 g/mol. The van der Waals surface area contributed by atoms with E-state index < -0.39 is 0 Å². The number of carbonyl (C=O) groups is 1. The number of hydrogen-bond donors (Lipinski definition) is 1. The molecular formula is C19H22ClNO4. The minimum Gasteiger partial charge on any atom is -0.495 e. The molecule has 0 radical (unpaired) electrons. The lowest BCUT2D eigenvalue weighted by Crippen LogP contribution is -2.13. The van der Waals surface area contributed by atoms with Gasteiger partial charge in [-0.2, -0.15) is 0 Å². The Morgan fingerprint density at radius 2 is 1.72 bits per heavy atom. The van der Waals surface area contributed by atoms with Crippen molar-refractivity contribution in [2.45, 2.75) is 20.8 Å². The van der Waals surface area contributed by atoms with Crippen molar-refractivity contribution in [2.75, 3.05) is 25.6 Å². The zero-order chi connectivity index (χ0) is 18.4. The van der Waals surface area contributed by atoms with Crippen molar-refractivity contribution in [3.05, 3.63) is 46.5 Å². The molecule has 134 valence electrons. The Morgan fingerprint density at radius 3 is 2.36 bits per heavy atom. The van der Waals surface area contributed by atoms with E-state index in [9.17, 15) is 4.79 Å². The van der Waals surface area contributed by atoms with Crippen LogP contribution in [0.15, 0.2) is 30.3 Å². The second-order valence-corrected chi connectivity index (χ2v) is 5.69. The molecule has 0 unspecified atom stereocenters. The summed E-state index contributed by atoms with van der Waals surface area (Å²) >= 11 is 6.10. The molecule has 6 heteroatoms. The summed E-state index contributed by atoms with van der Waals surface area (Å²) in [7, 11) is 1.53. The molecule has 0 bridgehead atoms. The third-order valence-corrected chi connectivity index (χ3v) is 3.94. The molecule has 0 atom stereocenters. The van der Waals surface area contributed by atoms with Crippen molar-refractivity contribution in [1.82, 2.24) is 0 Å². The monoisotopic (exact) mass is 363 g/mol. The molecule has 0 saturated carbocycles. The number of halogens is 1. The van der Waals surface area contributed by atoms with Crippen LogP contribution < -0.4 is 19.5 Å². The summed E-state index contributed by atoms with van der Waals surface area (Å²) in [6, 6.07) is 8.54. The maximum absolute atomic E-state index is 12.6. The van der Waals surface area contributed by atoms with E-state index in [2.05, 4.69) is 5.32 Å². The molecule has 0 heterocycles. The summed E-state index contributed by atoms with van der Waals surface area (Å²) in [4.78, 5) is 12.6. The first kappa shape index (κ1) is 18.9. The van der Waals surface area contributed by atoms with E-state index in [0.29, 0.717) is 46.7 Å². The van der Waals surface area contributed by atoms with Gasteiger partial charge in [0, 0.05) is 16.7 Å². The van der Waals surface area contributed by atoms with Crippen molar-refractivity contribution in [3.8, 4) is 17.2 Å². The lowest BCUT2D eigenvalue weighted by atomic mass is 10.1. The Morgan fingerprint density at radius 1 is 1.04 bits per heavy atom. The van der Waals surface area contributed by atoms with Crippen LogP contribution in [-0.4, -0.2) is 26.2 Å². The Labute approximate surface area is 152 Å². The Kier molecular flexibility index (Phi) is 6.53. The largest absolute Gasteiger partial charge is 0.495 e. The number of carbonyl (C=O) groups excluding carboxylic acids is 1. The molecule has 0 saturated heterocycles. The van der Waals surface area contributed by atoms with Gasteiger partial charge < -0.3 is 19.5 Å². The average Bonchev–Trinajstić information content (AvgIpc) is 2.59. The van der Waals surface area contributed by atoms with Gasteiger partial charge in [0.2, 0.25) is 0 Å². The molecule has 0 spiro atoms. The third-order valence-electron chi connectivity index (χ3n) is 3.53. The zero-order valence-electron chi connectivity index (χ0n) is 14.8. The van der Waals surface area contributed by atoms with Crippen LogP contribution in [0.25, 0.3) is 0 Å². The lowest BCUT2D eigenvalue weighted by molar-refractivity contribution is 0.102. The number of anilines is 1. The van der Waals surface area contributed by atoms with Crippen LogP contribution in [0.3, 0.4) is 0 Å². The van der Waals surface area contributed by atoms with E-state index in [1.807, 2.05) is 20.8 Å². The number of methoxy groups -OCH3 is 1. The summed E-state index contributed by atoms with van der Waals surface area (Å²) in [5.74, 6) is 1.38. The maximum atomic E-state index is 12.6. The fourth-order valence-corrected chi connectivity index (χ4v) is 2.47. The lowest BCUT2D eigenvalue weighted by Gasteiger charge is -2.14. The van der Waals surface area contributed by atoms with E-state index in [1.54, 1.807) is 30.3 Å². The number of benzene rings is 2. The first-order chi connectivity index (χ1) is 12.0. The van der Waals surface area contributed by atoms with Crippen LogP contribution in [0.5, 0.6) is 17.2 Å². The van der Waals surface area contributed by atoms with E-state index in [0.717, 1.165) is 5.56 Å². The standard InChI is InChI=1S/C19H22ClNO4/c1-5-24-16-8-7-13(10-18(16)25-6-2)19(22)21-15-9-12(3)14(20)11-17(15)23-4/h7-11H,5-6H2,1-4H3,(H,21,22). The van der Waals surface area contributed by atoms with E-state index in [-0.39, 0.29) is 5.91 Å². The molecule has 25 heavy (non-hydrogen) atoms. The highest BCUT2D eigenvalue weighted by atomic mass is 35.5. The molecule has 0 aromatic heterocycles. The van der Waals surface area contributed by atoms with E-state index in [4.69, 9.17) is 25.8 Å². The fourth-order valence-electron chi connectivity index (χ4n) is 2.32. The molecule has 2 aromatic rings. The zero-order valence-corrected chi connectivity index (χ0v) is 15.6. The second kappa shape index (κ2) is 8.62. The SMILES string of the molecule is CCOc1ccc(C(=O)Nc2cc(C)c(Cl)cc2OC)cc1OCC. The molecule has 0 aliphatic heterocycles. The Hall–Kier alpha value is -2.40. The van der Waals surface area contributed by atoms with Crippen LogP contribution in [0.1, 0.15) is 29.8 Å². The number of aryl methyl sites for hydroxylation is 1. The summed E-state index contributed by atoms with van der Waals surface area (Å²) in [6.45, 7) is 6.64. The third kappa shape index (κ3) is 4.57. The number of rotatable bonds is 7. The first-order valence-electron chi connectivity index (χ1n) is 8.05. The van der Waals surface area contributed by atoms with Crippen molar-refractivity contribution in [1.29, 1.82) is 0 Å². The number of hydrogen-bond acceptors (Lipinski definition) is 4. The predicted molar refractivity (Wildman–Crippen MR) is 99.5 cm³/mol. The molecule has 0 aliphatic rings. The van der Waals surface area contributed by atoms with Gasteiger partial charge in [-0.25, -0.2) is 0 Å². The quantitative estimate of drug-likeness (QED) is 0.774. The summed E-state index contributed by atoms with van der Waals surface area (Å²) in [6.07, 6.45) is 0. The molecule has 2 aromatic carbocycles. The van der Waals surface area contributed by atoms with Gasteiger partial charge in [-0.3, -0.25) is 4.79 Å². The highest BCUT2D eigenvalue weighted by molar-refractivity contribution is 6.31. The molecule has 2 rings (SSSR count). The van der Waals surface area contributed by atoms with Gasteiger partial charge in [0.15, 0.2) is 11.5 Å². The molecule has 0 aliphatic carbocycles. The van der Waals surface area contributed by atoms with Crippen LogP contribution >= 0.6 is 11.6 Å². The maximum Gasteiger partial charge on any atom is 0.255 e. The van der Waals surface area contributed by atoms with Crippen molar-refractivity contribution in [3.63, 3.8) is 0 Å². The summed E-state index contributed by atoms with van der Waals surface area (Å²) in [5.41, 5.74) is 1.86. The number of amides is 1. The fraction of sp³-hybridized carbons (Fsp3) is 0.316. The van der Waals surface area contributed by atoms with Gasteiger partial charge in [0.25, 0.3) is 5.91 Å². The van der Waals surface area contributed by atoms with Gasteiger partial charge in [-0.05, 0) is 50.6 Å². The smallest absolute Gasteiger partial charge is 0.255 e. The number of nitrogens with one attached hydrogen (secondary N) is 1. The van der Waals surface area contributed by atoms with Gasteiger partial charge >= 0.3 is 0 Å². The molecule has 0 fully saturated rings. The van der Waals surface area contributed by atoms with Crippen LogP contribution in [0.2, 0.25) is 5.02 Å². The van der Waals surface area contributed by atoms with Crippen LogP contribution in [0.4, 0.5) is 5.69 Å². The van der Waals surface area contributed by atoms with Gasteiger partial charge in [-0.1, -0.05) is 11.6 Å². The first-order valence-corrected chi connectivity index (χ1v) is 8.43. The topological polar surface area (TPSA) is 56.8 Å². The van der Waals surface area contributed by atoms with Crippen molar-refractivity contribution < 1.29 is 19.0 Å². The van der Waals surface area contributed by atoms with Crippen molar-refractivity contribution in [2.24, 2.45) is 0 Å².